The smallest absolute Gasteiger partial charge is 0.276 e. The van der Waals surface area contributed by atoms with Crippen molar-refractivity contribution in [1.82, 2.24) is 10.5 Å². The number of aliphatic imine (C=N–C) groups is 1. The van der Waals surface area contributed by atoms with Gasteiger partial charge in [-0.05, 0) is 9.92 Å². The van der Waals surface area contributed by atoms with Gasteiger partial charge in [-0.2, -0.15) is 0 Å². The average Bonchev–Trinajstić information content (AvgIpc) is 2.65. The first kappa shape index (κ1) is 10.0. The lowest BCUT2D eigenvalue weighted by Gasteiger charge is -2.07. The molecule has 0 fully saturated rings. The van der Waals surface area contributed by atoms with Gasteiger partial charge in [0.2, 0.25) is 0 Å². The van der Waals surface area contributed by atoms with E-state index < -0.39 is 0 Å². The molecule has 0 spiro atoms. The summed E-state index contributed by atoms with van der Waals surface area (Å²) in [7, 11) is 0. The van der Waals surface area contributed by atoms with Crippen LogP contribution >= 0.6 is 0 Å². The van der Waals surface area contributed by atoms with E-state index in [1.807, 2.05) is 0 Å². The van der Waals surface area contributed by atoms with E-state index in [1.54, 1.807) is 0 Å². The zero-order valence-electron chi connectivity index (χ0n) is 8.33. The molecule has 0 saturated carbocycles. The second-order valence-electron chi connectivity index (χ2n) is 3.03. The molecule has 0 bridgehead atoms. The Labute approximate surface area is 90.4 Å². The number of rotatable bonds is 2. The summed E-state index contributed by atoms with van der Waals surface area (Å²) in [6, 6.07) is 0. The van der Waals surface area contributed by atoms with E-state index in [4.69, 9.17) is 16.9 Å². The molecule has 2 rings (SSSR count). The minimum Gasteiger partial charge on any atom is -0.382 e. The van der Waals surface area contributed by atoms with Gasteiger partial charge in [0.25, 0.3) is 5.96 Å². The third kappa shape index (κ3) is 1.94. The highest BCUT2D eigenvalue weighted by molar-refractivity contribution is 5.93. The Bertz CT molecular complexity index is 429. The summed E-state index contributed by atoms with van der Waals surface area (Å²) < 4.78 is 0. The van der Waals surface area contributed by atoms with Gasteiger partial charge in [-0.1, -0.05) is 5.53 Å². The lowest BCUT2D eigenvalue weighted by molar-refractivity contribution is -0.604. The molecule has 0 aromatic heterocycles. The molecule has 0 saturated heterocycles. The predicted octanol–water partition coefficient (Wildman–Crippen LogP) is -1.34. The normalized spacial score (nSPS) is 21.8. The molecule has 16 heavy (non-hydrogen) atoms. The number of hydrogen-bond donors (Lipinski definition) is 4. The summed E-state index contributed by atoms with van der Waals surface area (Å²) in [6.45, 7) is 1.21. The van der Waals surface area contributed by atoms with Crippen LogP contribution in [0.5, 0.6) is 0 Å². The van der Waals surface area contributed by atoms with Crippen LogP contribution in [0.2, 0.25) is 0 Å². The monoisotopic (exact) mass is 223 g/mol. The van der Waals surface area contributed by atoms with Crippen LogP contribution in [0.3, 0.4) is 0 Å². The van der Waals surface area contributed by atoms with Gasteiger partial charge in [-0.25, -0.2) is 4.99 Å². The van der Waals surface area contributed by atoms with Crippen molar-refractivity contribution in [2.24, 2.45) is 32.0 Å². The Morgan fingerprint density at radius 3 is 3.12 bits per heavy atom. The van der Waals surface area contributed by atoms with Crippen LogP contribution in [0.4, 0.5) is 0 Å². The molecule has 10 heteroatoms. The maximum absolute atomic E-state index is 7.20. The highest BCUT2D eigenvalue weighted by Crippen LogP contribution is 2.04. The van der Waals surface area contributed by atoms with Gasteiger partial charge in [0.05, 0.1) is 17.0 Å². The van der Waals surface area contributed by atoms with Crippen molar-refractivity contribution in [1.29, 1.82) is 5.41 Å². The molecule has 0 unspecified atom stereocenters. The summed E-state index contributed by atoms with van der Waals surface area (Å²) in [5.41, 5.74) is 13.6. The van der Waals surface area contributed by atoms with Crippen molar-refractivity contribution >= 4 is 11.8 Å². The molecular formula is C6H11N10+. The Kier molecular flexibility index (Phi) is 2.45. The molecule has 2 aliphatic heterocycles. The number of amidine groups is 1. The summed E-state index contributed by atoms with van der Waals surface area (Å²) in [4.78, 5) is 5.23. The third-order valence-electron chi connectivity index (χ3n) is 1.88. The Morgan fingerprint density at radius 1 is 1.69 bits per heavy atom. The molecule has 2 aliphatic rings. The maximum atomic E-state index is 7.20. The zero-order chi connectivity index (χ0) is 11.5. The predicted molar refractivity (Wildman–Crippen MR) is 53.9 cm³/mol. The molecule has 10 nitrogen and oxygen atoms in total. The van der Waals surface area contributed by atoms with Crippen molar-refractivity contribution < 1.29 is 4.81 Å². The van der Waals surface area contributed by atoms with Crippen molar-refractivity contribution in [2.75, 3.05) is 13.1 Å². The van der Waals surface area contributed by atoms with E-state index >= 15 is 0 Å². The van der Waals surface area contributed by atoms with Crippen molar-refractivity contribution in [3.63, 3.8) is 0 Å². The lowest BCUT2D eigenvalue weighted by atomic mass is 10.4. The molecule has 0 aromatic carbocycles. The molecule has 84 valence electrons. The maximum Gasteiger partial charge on any atom is 0.276 e. The van der Waals surface area contributed by atoms with Gasteiger partial charge in [0.1, 0.15) is 18.6 Å². The van der Waals surface area contributed by atoms with Crippen LogP contribution in [-0.2, 0) is 0 Å². The molecule has 2 heterocycles. The highest BCUT2D eigenvalue weighted by Gasteiger charge is 2.20. The quantitative estimate of drug-likeness (QED) is 0.261. The third-order valence-corrected chi connectivity index (χ3v) is 1.88. The number of nitrogens with two attached hydrogens (primary N) is 2. The fourth-order valence-electron chi connectivity index (χ4n) is 1.12. The molecule has 0 aromatic rings. The minimum atomic E-state index is -0.187. The Balaban J connectivity index is 2.17. The topological polar surface area (TPSA) is 144 Å². The number of nitrogens with one attached hydrogen (secondary N) is 2. The summed E-state index contributed by atoms with van der Waals surface area (Å²) >= 11 is 0. The van der Waals surface area contributed by atoms with Crippen LogP contribution in [0.1, 0.15) is 0 Å². The van der Waals surface area contributed by atoms with Crippen LogP contribution in [0.25, 0.3) is 0 Å². The van der Waals surface area contributed by atoms with E-state index in [2.05, 4.69) is 26.1 Å². The summed E-state index contributed by atoms with van der Waals surface area (Å²) in [5.74, 6) is 0.149. The van der Waals surface area contributed by atoms with Crippen molar-refractivity contribution in [3.8, 4) is 0 Å². The van der Waals surface area contributed by atoms with Crippen LogP contribution in [-0.4, -0.2) is 34.7 Å². The fourth-order valence-corrected chi connectivity index (χ4v) is 1.12. The largest absolute Gasteiger partial charge is 0.382 e. The van der Waals surface area contributed by atoms with Gasteiger partial charge in [-0.15, -0.1) is 5.01 Å². The van der Waals surface area contributed by atoms with Crippen LogP contribution in [0.15, 0.2) is 32.5 Å². The first-order chi connectivity index (χ1) is 7.66. The van der Waals surface area contributed by atoms with Gasteiger partial charge >= 0.3 is 0 Å². The van der Waals surface area contributed by atoms with E-state index in [9.17, 15) is 0 Å². The summed E-state index contributed by atoms with van der Waals surface area (Å²) in [6.07, 6.45) is 1.43. The number of hydrogen-bond acceptors (Lipinski definition) is 6. The highest BCUT2D eigenvalue weighted by atomic mass is 15.8. The van der Waals surface area contributed by atoms with Gasteiger partial charge in [-0.3, -0.25) is 5.41 Å². The Hall–Kier alpha value is -2.52. The minimum absolute atomic E-state index is 0.187. The van der Waals surface area contributed by atoms with E-state index in [1.165, 1.54) is 16.0 Å². The second-order valence-corrected chi connectivity index (χ2v) is 3.03. The molecule has 0 aliphatic carbocycles. The van der Waals surface area contributed by atoms with Crippen molar-refractivity contribution in [3.05, 3.63) is 11.9 Å². The number of nitrogens with zero attached hydrogens (tertiary/aromatic N) is 6. The van der Waals surface area contributed by atoms with Crippen LogP contribution in [0, 0.1) is 5.41 Å². The van der Waals surface area contributed by atoms with E-state index in [-0.39, 0.29) is 11.5 Å². The van der Waals surface area contributed by atoms with Gasteiger partial charge < -0.3 is 11.5 Å². The number of guanidine groups is 1. The average molecular weight is 223 g/mol. The van der Waals surface area contributed by atoms with Crippen molar-refractivity contribution in [2.45, 2.75) is 0 Å². The molecular weight excluding hydrogens is 212 g/mol. The Morgan fingerprint density at radius 2 is 2.50 bits per heavy atom. The number of hydrazine groups is 1. The summed E-state index contributed by atoms with van der Waals surface area (Å²) in [5, 5.41) is 19.9. The molecule has 0 amide bonds. The standard InChI is InChI=1S/C6H11N10/c7-5(8)4-3-16(13-12-11-4)14-15-2-1-10-6(15)9/h3H,1-2H2,(H3,7,8)(H2,9,10)(H,11,13,14)/q+1. The van der Waals surface area contributed by atoms with Gasteiger partial charge in [0.15, 0.2) is 5.70 Å². The molecule has 0 atom stereocenters. The van der Waals surface area contributed by atoms with Crippen LogP contribution < -0.4 is 17.0 Å². The first-order valence-electron chi connectivity index (χ1n) is 4.47. The SMILES string of the molecule is N=C(N)C1=C[N+](=NN2CCN=C2N)NN=N1. The van der Waals surface area contributed by atoms with E-state index in [0.717, 1.165) is 0 Å². The molecule has 6 N–H and O–H groups in total. The fraction of sp³-hybridized carbons (Fsp3) is 0.333. The zero-order valence-corrected chi connectivity index (χ0v) is 8.33. The first-order valence-corrected chi connectivity index (χ1v) is 4.47. The molecule has 0 radical (unpaired) electrons. The second kappa shape index (κ2) is 3.92. The van der Waals surface area contributed by atoms with E-state index in [0.29, 0.717) is 19.0 Å². The van der Waals surface area contributed by atoms with Gasteiger partial charge in [0, 0.05) is 0 Å². The lowest BCUT2D eigenvalue weighted by Crippen LogP contribution is -2.33.